The van der Waals surface area contributed by atoms with Gasteiger partial charge >= 0.3 is 0 Å². The van der Waals surface area contributed by atoms with E-state index in [2.05, 4.69) is 30.4 Å². The molecule has 2 aromatic carbocycles. The number of benzene rings is 2. The van der Waals surface area contributed by atoms with Crippen molar-refractivity contribution in [3.05, 3.63) is 119 Å². The fourth-order valence-corrected chi connectivity index (χ4v) is 6.60. The number of fused-ring (bicyclic) bond motifs is 2. The highest BCUT2D eigenvalue weighted by Crippen LogP contribution is 2.39. The minimum atomic E-state index is 0.121. The van der Waals surface area contributed by atoms with E-state index in [0.29, 0.717) is 24.2 Å². The molecule has 0 spiro atoms. The summed E-state index contributed by atoms with van der Waals surface area (Å²) in [6.45, 7) is 0. The lowest BCUT2D eigenvalue weighted by Crippen LogP contribution is -2.17. The topological polar surface area (TPSA) is 117 Å². The van der Waals surface area contributed by atoms with Gasteiger partial charge in [0.15, 0.2) is 0 Å². The number of hydrogen-bond acceptors (Lipinski definition) is 6. The first-order chi connectivity index (χ1) is 21.6. The van der Waals surface area contributed by atoms with Crippen molar-refractivity contribution in [1.29, 1.82) is 0 Å². The SMILES string of the molecule is O=C(Cc1ccc([C@@H]2CCC[C@H](c3ccc(CC(=O)Cc4c[nH]c5ccccc45)nn3)C2)nn1)Cc1c[nH]c2ccccc12. The summed E-state index contributed by atoms with van der Waals surface area (Å²) in [5.41, 5.74) is 7.44. The van der Waals surface area contributed by atoms with Gasteiger partial charge in [0.1, 0.15) is 11.6 Å². The van der Waals surface area contributed by atoms with Crippen molar-refractivity contribution in [3.8, 4) is 0 Å². The third-order valence-corrected chi connectivity index (χ3v) is 8.87. The molecular weight excluding hydrogens is 548 g/mol. The van der Waals surface area contributed by atoms with Gasteiger partial charge in [0.2, 0.25) is 0 Å². The second-order valence-corrected chi connectivity index (χ2v) is 12.0. The fraction of sp³-hybridized carbons (Fsp3) is 0.278. The summed E-state index contributed by atoms with van der Waals surface area (Å²) in [5.74, 6) is 0.820. The minimum Gasteiger partial charge on any atom is -0.361 e. The Labute approximate surface area is 255 Å². The first-order valence-electron chi connectivity index (χ1n) is 15.4. The van der Waals surface area contributed by atoms with Crippen LogP contribution in [0, 0.1) is 0 Å². The number of hydrogen-bond donors (Lipinski definition) is 2. The van der Waals surface area contributed by atoms with Crippen molar-refractivity contribution in [2.45, 2.75) is 63.2 Å². The van der Waals surface area contributed by atoms with Gasteiger partial charge in [0.05, 0.1) is 35.6 Å². The second-order valence-electron chi connectivity index (χ2n) is 12.0. The molecule has 8 heteroatoms. The molecule has 1 saturated carbocycles. The lowest BCUT2D eigenvalue weighted by atomic mass is 9.78. The van der Waals surface area contributed by atoms with E-state index in [1.807, 2.05) is 85.2 Å². The Morgan fingerprint density at radius 2 is 1.07 bits per heavy atom. The predicted molar refractivity (Wildman–Crippen MR) is 169 cm³/mol. The Morgan fingerprint density at radius 1 is 0.591 bits per heavy atom. The molecule has 0 radical (unpaired) electrons. The molecule has 1 aliphatic carbocycles. The van der Waals surface area contributed by atoms with E-state index >= 15 is 0 Å². The lowest BCUT2D eigenvalue weighted by Gasteiger charge is -2.28. The summed E-state index contributed by atoms with van der Waals surface area (Å²) in [5, 5.41) is 20.1. The molecule has 1 aliphatic rings. The fourth-order valence-electron chi connectivity index (χ4n) is 6.60. The average Bonchev–Trinajstić information content (AvgIpc) is 3.66. The Hall–Kier alpha value is -4.98. The highest BCUT2D eigenvalue weighted by molar-refractivity contribution is 5.91. The van der Waals surface area contributed by atoms with Gasteiger partial charge in [-0.25, -0.2) is 0 Å². The van der Waals surface area contributed by atoms with Crippen LogP contribution in [0.4, 0.5) is 0 Å². The normalized spacial score (nSPS) is 16.8. The van der Waals surface area contributed by atoms with Crippen LogP contribution in [0.25, 0.3) is 21.8 Å². The number of aromatic nitrogens is 6. The number of ketones is 2. The molecule has 2 N–H and O–H groups in total. The summed E-state index contributed by atoms with van der Waals surface area (Å²) >= 11 is 0. The molecule has 0 saturated heterocycles. The monoisotopic (exact) mass is 582 g/mol. The molecular formula is C36H34N6O2. The summed E-state index contributed by atoms with van der Waals surface area (Å²) < 4.78 is 0. The maximum Gasteiger partial charge on any atom is 0.143 e. The van der Waals surface area contributed by atoms with Crippen LogP contribution >= 0.6 is 0 Å². The third-order valence-electron chi connectivity index (χ3n) is 8.87. The standard InChI is InChI=1S/C36H34N6O2/c43-29(17-25-21-37-35-10-3-1-8-31(25)35)19-27-12-14-33(41-39-27)23-6-5-7-24(16-23)34-15-13-28(40-42-34)20-30(44)18-26-22-38-36-11-4-2-9-32(26)36/h1-4,8-15,21-24,37-38H,5-7,16-20H2/t23-,24+. The van der Waals surface area contributed by atoms with Crippen LogP contribution in [0.15, 0.2) is 85.2 Å². The molecule has 4 heterocycles. The highest BCUT2D eigenvalue weighted by atomic mass is 16.1. The first-order valence-corrected chi connectivity index (χ1v) is 15.4. The predicted octanol–water partition coefficient (Wildman–Crippen LogP) is 6.38. The van der Waals surface area contributed by atoms with Gasteiger partial charge in [-0.3, -0.25) is 9.59 Å². The first kappa shape index (κ1) is 27.8. The molecule has 0 unspecified atom stereocenters. The van der Waals surface area contributed by atoms with Crippen LogP contribution in [0.1, 0.15) is 71.4 Å². The summed E-state index contributed by atoms with van der Waals surface area (Å²) in [7, 11) is 0. The van der Waals surface area contributed by atoms with Crippen LogP contribution < -0.4 is 0 Å². The Balaban J connectivity index is 0.932. The maximum absolute atomic E-state index is 12.8. The van der Waals surface area contributed by atoms with E-state index < -0.39 is 0 Å². The zero-order chi connectivity index (χ0) is 29.9. The molecule has 0 amide bonds. The minimum absolute atomic E-state index is 0.121. The third kappa shape index (κ3) is 6.06. The Kier molecular flexibility index (Phi) is 7.80. The number of carbonyl (C=O) groups excluding carboxylic acids is 2. The summed E-state index contributed by atoms with van der Waals surface area (Å²) in [4.78, 5) is 32.1. The number of rotatable bonds is 10. The maximum atomic E-state index is 12.8. The van der Waals surface area contributed by atoms with E-state index in [1.54, 1.807) is 0 Å². The van der Waals surface area contributed by atoms with E-state index in [0.717, 1.165) is 70.0 Å². The highest BCUT2D eigenvalue weighted by Gasteiger charge is 2.27. The van der Waals surface area contributed by atoms with Crippen molar-refractivity contribution in [2.75, 3.05) is 0 Å². The molecule has 7 rings (SSSR count). The molecule has 6 aromatic rings. The lowest BCUT2D eigenvalue weighted by molar-refractivity contribution is -0.118. The molecule has 0 aliphatic heterocycles. The van der Waals surface area contributed by atoms with E-state index in [-0.39, 0.29) is 36.2 Å². The smallest absolute Gasteiger partial charge is 0.143 e. The van der Waals surface area contributed by atoms with Crippen LogP contribution in [0.3, 0.4) is 0 Å². The van der Waals surface area contributed by atoms with Crippen LogP contribution in [-0.4, -0.2) is 41.9 Å². The van der Waals surface area contributed by atoms with Crippen molar-refractivity contribution in [2.24, 2.45) is 0 Å². The number of para-hydroxylation sites is 2. The summed E-state index contributed by atoms with van der Waals surface area (Å²) in [6, 6.07) is 24.0. The largest absolute Gasteiger partial charge is 0.361 e. The van der Waals surface area contributed by atoms with Crippen LogP contribution in [-0.2, 0) is 35.3 Å². The number of nitrogens with zero attached hydrogens (tertiary/aromatic N) is 4. The van der Waals surface area contributed by atoms with Gasteiger partial charge < -0.3 is 9.97 Å². The van der Waals surface area contributed by atoms with Crippen LogP contribution in [0.2, 0.25) is 0 Å². The van der Waals surface area contributed by atoms with Gasteiger partial charge in [-0.1, -0.05) is 42.8 Å². The van der Waals surface area contributed by atoms with Gasteiger partial charge in [-0.05, 0) is 66.8 Å². The Bertz CT molecular complexity index is 1780. The van der Waals surface area contributed by atoms with Gasteiger partial charge in [-0.15, -0.1) is 0 Å². The molecule has 220 valence electrons. The van der Waals surface area contributed by atoms with E-state index in [1.165, 1.54) is 0 Å². The van der Waals surface area contributed by atoms with Crippen molar-refractivity contribution in [1.82, 2.24) is 30.4 Å². The van der Waals surface area contributed by atoms with E-state index in [4.69, 9.17) is 0 Å². The second kappa shape index (κ2) is 12.3. The number of nitrogens with one attached hydrogen (secondary N) is 2. The number of carbonyl (C=O) groups is 2. The molecule has 0 bridgehead atoms. The average molecular weight is 583 g/mol. The van der Waals surface area contributed by atoms with E-state index in [9.17, 15) is 9.59 Å². The summed E-state index contributed by atoms with van der Waals surface area (Å²) in [6.07, 6.45) is 9.23. The van der Waals surface area contributed by atoms with Crippen molar-refractivity contribution < 1.29 is 9.59 Å². The Morgan fingerprint density at radius 3 is 1.52 bits per heavy atom. The van der Waals surface area contributed by atoms with Gasteiger partial charge in [0.25, 0.3) is 0 Å². The zero-order valence-corrected chi connectivity index (χ0v) is 24.5. The van der Waals surface area contributed by atoms with Crippen molar-refractivity contribution >= 4 is 33.4 Å². The molecule has 4 aromatic heterocycles. The van der Waals surface area contributed by atoms with Crippen LogP contribution in [0.5, 0.6) is 0 Å². The molecule has 44 heavy (non-hydrogen) atoms. The molecule has 2 atom stereocenters. The number of H-pyrrole nitrogens is 2. The van der Waals surface area contributed by atoms with Gasteiger partial charge in [-0.2, -0.15) is 20.4 Å². The number of aromatic amines is 2. The molecule has 8 nitrogen and oxygen atoms in total. The zero-order valence-electron chi connectivity index (χ0n) is 24.5. The van der Waals surface area contributed by atoms with Gasteiger partial charge in [0, 0.05) is 58.9 Å². The quantitative estimate of drug-likeness (QED) is 0.194. The molecule has 1 fully saturated rings. The van der Waals surface area contributed by atoms with Crippen molar-refractivity contribution in [3.63, 3.8) is 0 Å². The number of Topliss-reactive ketones (excluding diaryl/α,β-unsaturated/α-hetero) is 2.